The first-order chi connectivity index (χ1) is 8.63. The van der Waals surface area contributed by atoms with Gasteiger partial charge in [0.2, 0.25) is 0 Å². The Hall–Kier alpha value is -0.960. The van der Waals surface area contributed by atoms with E-state index >= 15 is 0 Å². The molecule has 1 unspecified atom stereocenters. The van der Waals surface area contributed by atoms with Gasteiger partial charge in [-0.1, -0.05) is 29.3 Å². The minimum Gasteiger partial charge on any atom is -0.345 e. The third-order valence-electron chi connectivity index (χ3n) is 3.13. The van der Waals surface area contributed by atoms with Crippen LogP contribution in [0.1, 0.15) is 24.2 Å². The summed E-state index contributed by atoms with van der Waals surface area (Å²) in [6, 6.07) is 10.0. The summed E-state index contributed by atoms with van der Waals surface area (Å²) in [4.78, 5) is 0. The fourth-order valence-corrected chi connectivity index (χ4v) is 2.48. The summed E-state index contributed by atoms with van der Waals surface area (Å²) in [6.45, 7) is 2.81. The second-order valence-corrected chi connectivity index (χ2v) is 5.09. The zero-order valence-electron chi connectivity index (χ0n) is 10.5. The molecule has 2 aromatic rings. The normalized spacial score (nSPS) is 12.7. The van der Waals surface area contributed by atoms with Crippen molar-refractivity contribution in [2.45, 2.75) is 19.5 Å². The van der Waals surface area contributed by atoms with Crippen LogP contribution in [0.2, 0.25) is 10.0 Å². The quantitative estimate of drug-likeness (QED) is 0.893. The Morgan fingerprint density at radius 3 is 2.44 bits per heavy atom. The average molecular weight is 283 g/mol. The van der Waals surface area contributed by atoms with Crippen LogP contribution in [-0.2, 0) is 6.54 Å². The Morgan fingerprint density at radius 1 is 1.17 bits per heavy atom. The molecule has 4 heteroatoms. The van der Waals surface area contributed by atoms with Crippen LogP contribution in [0, 0.1) is 0 Å². The molecule has 1 aromatic carbocycles. The van der Waals surface area contributed by atoms with E-state index in [4.69, 9.17) is 23.2 Å². The molecular weight excluding hydrogens is 267 g/mol. The zero-order valence-corrected chi connectivity index (χ0v) is 12.0. The van der Waals surface area contributed by atoms with Crippen molar-refractivity contribution in [3.8, 4) is 0 Å². The highest BCUT2D eigenvalue weighted by molar-refractivity contribution is 6.35. The first kappa shape index (κ1) is 13.5. The molecule has 0 saturated heterocycles. The summed E-state index contributed by atoms with van der Waals surface area (Å²) < 4.78 is 2.16. The molecule has 0 radical (unpaired) electrons. The van der Waals surface area contributed by atoms with Crippen molar-refractivity contribution in [2.75, 3.05) is 7.05 Å². The van der Waals surface area contributed by atoms with Crippen molar-refractivity contribution in [3.63, 3.8) is 0 Å². The Balaban J connectivity index is 2.32. The van der Waals surface area contributed by atoms with Crippen LogP contribution in [-0.4, -0.2) is 11.6 Å². The van der Waals surface area contributed by atoms with Crippen molar-refractivity contribution >= 4 is 23.2 Å². The number of aromatic nitrogens is 1. The lowest BCUT2D eigenvalue weighted by atomic mass is 10.2. The van der Waals surface area contributed by atoms with Gasteiger partial charge < -0.3 is 9.88 Å². The van der Waals surface area contributed by atoms with Crippen molar-refractivity contribution in [3.05, 3.63) is 57.8 Å². The molecule has 0 aliphatic rings. The number of hydrogen-bond acceptors (Lipinski definition) is 1. The number of benzene rings is 1. The summed E-state index contributed by atoms with van der Waals surface area (Å²) in [5.41, 5.74) is 2.18. The van der Waals surface area contributed by atoms with Gasteiger partial charge in [-0.25, -0.2) is 0 Å². The van der Waals surface area contributed by atoms with Gasteiger partial charge in [-0.3, -0.25) is 0 Å². The zero-order chi connectivity index (χ0) is 13.1. The lowest BCUT2D eigenvalue weighted by Gasteiger charge is -2.16. The monoisotopic (exact) mass is 282 g/mol. The van der Waals surface area contributed by atoms with Crippen molar-refractivity contribution in [1.29, 1.82) is 0 Å². The van der Waals surface area contributed by atoms with E-state index in [2.05, 4.69) is 22.9 Å². The Kier molecular flexibility index (Phi) is 4.33. The van der Waals surface area contributed by atoms with E-state index in [1.807, 2.05) is 37.5 Å². The highest BCUT2D eigenvalue weighted by Crippen LogP contribution is 2.26. The van der Waals surface area contributed by atoms with Gasteiger partial charge in [0.15, 0.2) is 0 Å². The van der Waals surface area contributed by atoms with E-state index in [1.165, 1.54) is 5.69 Å². The van der Waals surface area contributed by atoms with Gasteiger partial charge in [0.1, 0.15) is 0 Å². The lowest BCUT2D eigenvalue weighted by molar-refractivity contribution is 0.589. The van der Waals surface area contributed by atoms with Gasteiger partial charge in [-0.15, -0.1) is 0 Å². The van der Waals surface area contributed by atoms with E-state index in [0.29, 0.717) is 22.6 Å². The molecule has 1 atom stereocenters. The van der Waals surface area contributed by atoms with Gasteiger partial charge in [0, 0.05) is 33.5 Å². The minimum atomic E-state index is 0.293. The van der Waals surface area contributed by atoms with Crippen LogP contribution in [0.25, 0.3) is 0 Å². The highest BCUT2D eigenvalue weighted by atomic mass is 35.5. The summed E-state index contributed by atoms with van der Waals surface area (Å²) >= 11 is 12.4. The van der Waals surface area contributed by atoms with Crippen molar-refractivity contribution in [2.24, 2.45) is 0 Å². The maximum absolute atomic E-state index is 6.20. The number of hydrogen-bond donors (Lipinski definition) is 1. The molecule has 1 heterocycles. The van der Waals surface area contributed by atoms with Gasteiger partial charge in [0.05, 0.1) is 6.54 Å². The van der Waals surface area contributed by atoms with E-state index in [0.717, 1.165) is 5.56 Å². The lowest BCUT2D eigenvalue weighted by Crippen LogP contribution is -2.17. The third kappa shape index (κ3) is 2.72. The topological polar surface area (TPSA) is 17.0 Å². The molecule has 0 aliphatic carbocycles. The third-order valence-corrected chi connectivity index (χ3v) is 3.84. The first-order valence-corrected chi connectivity index (χ1v) is 6.64. The fourth-order valence-electron chi connectivity index (χ4n) is 1.97. The molecule has 18 heavy (non-hydrogen) atoms. The highest BCUT2D eigenvalue weighted by Gasteiger charge is 2.11. The van der Waals surface area contributed by atoms with Gasteiger partial charge in [0.25, 0.3) is 0 Å². The second kappa shape index (κ2) is 5.79. The fraction of sp³-hybridized carbons (Fsp3) is 0.286. The Labute approximate surface area is 118 Å². The minimum absolute atomic E-state index is 0.293. The Bertz CT molecular complexity index is 514. The summed E-state index contributed by atoms with van der Waals surface area (Å²) in [7, 11) is 1.95. The van der Waals surface area contributed by atoms with Crippen molar-refractivity contribution < 1.29 is 0 Å². The molecule has 0 aliphatic heterocycles. The van der Waals surface area contributed by atoms with Gasteiger partial charge in [-0.05, 0) is 38.2 Å². The van der Waals surface area contributed by atoms with Crippen LogP contribution < -0.4 is 5.32 Å². The van der Waals surface area contributed by atoms with Gasteiger partial charge in [-0.2, -0.15) is 0 Å². The predicted octanol–water partition coefficient (Wildman–Crippen LogP) is 4.12. The smallest absolute Gasteiger partial charge is 0.0503 e. The van der Waals surface area contributed by atoms with Crippen LogP contribution in [0.5, 0.6) is 0 Å². The number of halogens is 2. The summed E-state index contributed by atoms with van der Waals surface area (Å²) in [6.07, 6.45) is 2.04. The average Bonchev–Trinajstić information content (AvgIpc) is 2.81. The maximum atomic E-state index is 6.20. The number of nitrogens with one attached hydrogen (secondary N) is 1. The van der Waals surface area contributed by atoms with E-state index in [9.17, 15) is 0 Å². The Morgan fingerprint density at radius 2 is 1.83 bits per heavy atom. The molecule has 1 aromatic heterocycles. The first-order valence-electron chi connectivity index (χ1n) is 5.88. The largest absolute Gasteiger partial charge is 0.345 e. The summed E-state index contributed by atoms with van der Waals surface area (Å²) in [5, 5.41) is 4.65. The molecular formula is C14H16Cl2N2. The molecule has 0 spiro atoms. The summed E-state index contributed by atoms with van der Waals surface area (Å²) in [5.74, 6) is 0. The second-order valence-electron chi connectivity index (χ2n) is 4.27. The van der Waals surface area contributed by atoms with Crippen LogP contribution >= 0.6 is 23.2 Å². The van der Waals surface area contributed by atoms with Gasteiger partial charge >= 0.3 is 0 Å². The van der Waals surface area contributed by atoms with E-state index in [-0.39, 0.29) is 0 Å². The molecule has 1 N–H and O–H groups in total. The molecule has 2 rings (SSSR count). The molecule has 2 nitrogen and oxygen atoms in total. The van der Waals surface area contributed by atoms with E-state index < -0.39 is 0 Å². The predicted molar refractivity (Wildman–Crippen MR) is 77.5 cm³/mol. The molecule has 0 bridgehead atoms. The van der Waals surface area contributed by atoms with Crippen molar-refractivity contribution in [1.82, 2.24) is 9.88 Å². The molecule has 0 fully saturated rings. The van der Waals surface area contributed by atoms with Crippen LogP contribution in [0.4, 0.5) is 0 Å². The van der Waals surface area contributed by atoms with Crippen LogP contribution in [0.3, 0.4) is 0 Å². The molecule has 0 saturated carbocycles. The SMILES string of the molecule is CNC(C)c1cccn1Cc1c(Cl)cccc1Cl. The molecule has 96 valence electrons. The number of nitrogens with zero attached hydrogens (tertiary/aromatic N) is 1. The maximum Gasteiger partial charge on any atom is 0.0503 e. The number of rotatable bonds is 4. The van der Waals surface area contributed by atoms with E-state index in [1.54, 1.807) is 0 Å². The van der Waals surface area contributed by atoms with Crippen LogP contribution in [0.15, 0.2) is 36.5 Å². The molecule has 0 amide bonds. The standard InChI is InChI=1S/C14H16Cl2N2/c1-10(17-2)14-7-4-8-18(14)9-11-12(15)5-3-6-13(11)16/h3-8,10,17H,9H2,1-2H3.